The molecule has 2 aromatic carbocycles. The second kappa shape index (κ2) is 4.20. The van der Waals surface area contributed by atoms with Crippen molar-refractivity contribution in [3.63, 3.8) is 0 Å². The highest BCUT2D eigenvalue weighted by Gasteiger charge is 2.21. The maximum absolute atomic E-state index is 14.2. The predicted octanol–water partition coefficient (Wildman–Crippen LogP) is 4.70. The van der Waals surface area contributed by atoms with Crippen LogP contribution in [-0.4, -0.2) is 4.57 Å². The third-order valence-electron chi connectivity index (χ3n) is 4.40. The summed E-state index contributed by atoms with van der Waals surface area (Å²) in [6.45, 7) is 3.14. The molecule has 1 aliphatic rings. The molecule has 0 saturated carbocycles. The standard InChI is InChI=1S/C18H16FN/c1-12-17(14-8-2-3-10-16(14)19)15-9-4-6-13-7-5-11-20(12)18(13)15/h2-4,6,8-10H,5,7,11H2,1H3. The number of hydrogen-bond acceptors (Lipinski definition) is 0. The van der Waals surface area contributed by atoms with E-state index in [0.717, 1.165) is 18.5 Å². The summed E-state index contributed by atoms with van der Waals surface area (Å²) in [4.78, 5) is 0. The first-order valence-corrected chi connectivity index (χ1v) is 7.13. The van der Waals surface area contributed by atoms with E-state index in [4.69, 9.17) is 0 Å². The number of halogens is 1. The quantitative estimate of drug-likeness (QED) is 0.601. The lowest BCUT2D eigenvalue weighted by molar-refractivity contribution is 0.621. The van der Waals surface area contributed by atoms with E-state index in [0.29, 0.717) is 5.56 Å². The molecule has 0 aliphatic carbocycles. The molecule has 0 spiro atoms. The van der Waals surface area contributed by atoms with Crippen molar-refractivity contribution in [1.82, 2.24) is 4.57 Å². The van der Waals surface area contributed by atoms with Gasteiger partial charge in [0.05, 0.1) is 5.52 Å². The molecule has 2 heterocycles. The lowest BCUT2D eigenvalue weighted by Gasteiger charge is -2.16. The number of hydrogen-bond donors (Lipinski definition) is 0. The number of benzene rings is 2. The van der Waals surface area contributed by atoms with Crippen molar-refractivity contribution in [2.24, 2.45) is 0 Å². The average Bonchev–Trinajstić information content (AvgIpc) is 2.76. The molecular weight excluding hydrogens is 249 g/mol. The summed E-state index contributed by atoms with van der Waals surface area (Å²) in [5.74, 6) is -0.140. The SMILES string of the molecule is Cc1c(-c2ccccc2F)c2cccc3c2n1CCC3. The van der Waals surface area contributed by atoms with Gasteiger partial charge in [-0.2, -0.15) is 0 Å². The second-order valence-corrected chi connectivity index (χ2v) is 5.51. The second-order valence-electron chi connectivity index (χ2n) is 5.51. The molecule has 0 fully saturated rings. The smallest absolute Gasteiger partial charge is 0.131 e. The average molecular weight is 265 g/mol. The van der Waals surface area contributed by atoms with E-state index in [1.807, 2.05) is 12.1 Å². The Bertz CT molecular complexity index is 814. The van der Waals surface area contributed by atoms with E-state index in [2.05, 4.69) is 29.7 Å². The zero-order chi connectivity index (χ0) is 13.7. The molecule has 2 heteroatoms. The summed E-state index contributed by atoms with van der Waals surface area (Å²) in [5.41, 5.74) is 5.64. The summed E-state index contributed by atoms with van der Waals surface area (Å²) in [7, 11) is 0. The van der Waals surface area contributed by atoms with Crippen LogP contribution >= 0.6 is 0 Å². The largest absolute Gasteiger partial charge is 0.344 e. The molecule has 100 valence electrons. The Morgan fingerprint density at radius 1 is 1.05 bits per heavy atom. The van der Waals surface area contributed by atoms with Gasteiger partial charge in [0.15, 0.2) is 0 Å². The van der Waals surface area contributed by atoms with Crippen LogP contribution in [0.4, 0.5) is 4.39 Å². The van der Waals surface area contributed by atoms with Crippen LogP contribution in [0.15, 0.2) is 42.5 Å². The third kappa shape index (κ3) is 1.48. The number of rotatable bonds is 1. The van der Waals surface area contributed by atoms with E-state index in [1.165, 1.54) is 28.6 Å². The molecule has 0 N–H and O–H groups in total. The first-order chi connectivity index (χ1) is 9.77. The highest BCUT2D eigenvalue weighted by atomic mass is 19.1. The van der Waals surface area contributed by atoms with E-state index in [1.54, 1.807) is 12.1 Å². The fourth-order valence-corrected chi connectivity index (χ4v) is 3.52. The molecule has 0 bridgehead atoms. The molecule has 0 atom stereocenters. The number of aryl methyl sites for hydroxylation is 2. The van der Waals surface area contributed by atoms with Crippen LogP contribution in [0.25, 0.3) is 22.0 Å². The van der Waals surface area contributed by atoms with Gasteiger partial charge in [0.25, 0.3) is 0 Å². The van der Waals surface area contributed by atoms with E-state index >= 15 is 0 Å². The van der Waals surface area contributed by atoms with Gasteiger partial charge in [0.2, 0.25) is 0 Å². The van der Waals surface area contributed by atoms with Crippen molar-refractivity contribution in [3.05, 3.63) is 59.5 Å². The lowest BCUT2D eigenvalue weighted by atomic mass is 9.99. The van der Waals surface area contributed by atoms with Gasteiger partial charge in [0.1, 0.15) is 5.82 Å². The van der Waals surface area contributed by atoms with Crippen LogP contribution in [0.1, 0.15) is 17.7 Å². The summed E-state index contributed by atoms with van der Waals surface area (Å²) >= 11 is 0. The lowest BCUT2D eigenvalue weighted by Crippen LogP contribution is -2.08. The van der Waals surface area contributed by atoms with Gasteiger partial charge in [-0.1, -0.05) is 36.4 Å². The molecule has 0 unspecified atom stereocenters. The Labute approximate surface area is 117 Å². The Morgan fingerprint density at radius 2 is 1.90 bits per heavy atom. The Hall–Kier alpha value is -2.09. The molecular formula is C18H16FN. The third-order valence-corrected chi connectivity index (χ3v) is 4.40. The minimum Gasteiger partial charge on any atom is -0.344 e. The van der Waals surface area contributed by atoms with Crippen LogP contribution in [0.5, 0.6) is 0 Å². The van der Waals surface area contributed by atoms with Crippen molar-refractivity contribution in [2.75, 3.05) is 0 Å². The Balaban J connectivity index is 2.14. The van der Waals surface area contributed by atoms with Crippen LogP contribution < -0.4 is 0 Å². The van der Waals surface area contributed by atoms with Crippen molar-refractivity contribution >= 4 is 10.9 Å². The van der Waals surface area contributed by atoms with Crippen molar-refractivity contribution in [3.8, 4) is 11.1 Å². The fraction of sp³-hybridized carbons (Fsp3) is 0.222. The molecule has 4 rings (SSSR count). The zero-order valence-electron chi connectivity index (χ0n) is 11.5. The van der Waals surface area contributed by atoms with Crippen LogP contribution in [0.3, 0.4) is 0 Å². The molecule has 1 nitrogen and oxygen atoms in total. The van der Waals surface area contributed by atoms with E-state index in [-0.39, 0.29) is 5.82 Å². The van der Waals surface area contributed by atoms with Crippen LogP contribution in [0.2, 0.25) is 0 Å². The summed E-state index contributed by atoms with van der Waals surface area (Å²) in [6.07, 6.45) is 2.29. The van der Waals surface area contributed by atoms with Crippen molar-refractivity contribution < 1.29 is 4.39 Å². The molecule has 0 saturated heterocycles. The fourth-order valence-electron chi connectivity index (χ4n) is 3.52. The topological polar surface area (TPSA) is 4.93 Å². The minimum absolute atomic E-state index is 0.140. The van der Waals surface area contributed by atoms with Gasteiger partial charge >= 0.3 is 0 Å². The highest BCUT2D eigenvalue weighted by Crippen LogP contribution is 2.39. The number of nitrogens with zero attached hydrogens (tertiary/aromatic N) is 1. The molecule has 3 aromatic rings. The molecule has 20 heavy (non-hydrogen) atoms. The van der Waals surface area contributed by atoms with E-state index in [9.17, 15) is 4.39 Å². The van der Waals surface area contributed by atoms with E-state index < -0.39 is 0 Å². The van der Waals surface area contributed by atoms with Gasteiger partial charge in [-0.3, -0.25) is 0 Å². The summed E-state index contributed by atoms with van der Waals surface area (Å²) in [5, 5.41) is 1.19. The molecule has 0 radical (unpaired) electrons. The van der Waals surface area contributed by atoms with Crippen molar-refractivity contribution in [2.45, 2.75) is 26.3 Å². The molecule has 1 aromatic heterocycles. The molecule has 1 aliphatic heterocycles. The minimum atomic E-state index is -0.140. The normalized spacial score (nSPS) is 13.9. The first-order valence-electron chi connectivity index (χ1n) is 7.13. The maximum Gasteiger partial charge on any atom is 0.131 e. The van der Waals surface area contributed by atoms with Gasteiger partial charge < -0.3 is 4.57 Å². The van der Waals surface area contributed by atoms with Crippen LogP contribution in [0, 0.1) is 12.7 Å². The van der Waals surface area contributed by atoms with Crippen molar-refractivity contribution in [1.29, 1.82) is 0 Å². The zero-order valence-corrected chi connectivity index (χ0v) is 11.5. The van der Waals surface area contributed by atoms with Crippen LogP contribution in [-0.2, 0) is 13.0 Å². The van der Waals surface area contributed by atoms with Gasteiger partial charge in [0, 0.05) is 28.8 Å². The van der Waals surface area contributed by atoms with Gasteiger partial charge in [-0.05, 0) is 31.4 Å². The first kappa shape index (κ1) is 11.7. The number of aromatic nitrogens is 1. The Morgan fingerprint density at radius 3 is 2.75 bits per heavy atom. The number of para-hydroxylation sites is 1. The Kier molecular flexibility index (Phi) is 2.46. The van der Waals surface area contributed by atoms with Gasteiger partial charge in [-0.15, -0.1) is 0 Å². The monoisotopic (exact) mass is 265 g/mol. The predicted molar refractivity (Wildman–Crippen MR) is 80.4 cm³/mol. The highest BCUT2D eigenvalue weighted by molar-refractivity contribution is 6.00. The maximum atomic E-state index is 14.2. The molecule has 0 amide bonds. The summed E-state index contributed by atoms with van der Waals surface area (Å²) < 4.78 is 16.6. The summed E-state index contributed by atoms with van der Waals surface area (Å²) in [6, 6.07) is 13.5. The van der Waals surface area contributed by atoms with Gasteiger partial charge in [-0.25, -0.2) is 4.39 Å².